The standard InChI is InChI=1S/C8H12O5/c1-3-12-5-6(7(9)10)8(11)13-4-2/h5H,3-4H2,1-2H3,(H,9,10)/b6-5-. The van der Waals surface area contributed by atoms with Gasteiger partial charge in [-0.15, -0.1) is 0 Å². The molecule has 0 aromatic carbocycles. The number of carboxylic acid groups (broad SMARTS) is 1. The van der Waals surface area contributed by atoms with E-state index in [2.05, 4.69) is 9.47 Å². The highest BCUT2D eigenvalue weighted by molar-refractivity contribution is 6.12. The minimum Gasteiger partial charge on any atom is -0.500 e. The van der Waals surface area contributed by atoms with Gasteiger partial charge in [-0.1, -0.05) is 0 Å². The zero-order valence-corrected chi connectivity index (χ0v) is 7.57. The van der Waals surface area contributed by atoms with Gasteiger partial charge in [-0.3, -0.25) is 0 Å². The maximum absolute atomic E-state index is 10.9. The van der Waals surface area contributed by atoms with Crippen molar-refractivity contribution in [2.24, 2.45) is 0 Å². The van der Waals surface area contributed by atoms with Crippen LogP contribution in [0.3, 0.4) is 0 Å². The molecular formula is C8H12O5. The Kier molecular flexibility index (Phi) is 5.34. The summed E-state index contributed by atoms with van der Waals surface area (Å²) in [5.41, 5.74) is -0.497. The second-order valence-electron chi connectivity index (χ2n) is 2.01. The van der Waals surface area contributed by atoms with Gasteiger partial charge in [0.05, 0.1) is 13.2 Å². The molecule has 1 N–H and O–H groups in total. The Balaban J connectivity index is 4.41. The Morgan fingerprint density at radius 3 is 2.31 bits per heavy atom. The number of carbonyl (C=O) groups is 2. The van der Waals surface area contributed by atoms with Crippen molar-refractivity contribution < 1.29 is 24.2 Å². The number of carbonyl (C=O) groups excluding carboxylic acids is 1. The molecule has 13 heavy (non-hydrogen) atoms. The van der Waals surface area contributed by atoms with E-state index in [9.17, 15) is 9.59 Å². The van der Waals surface area contributed by atoms with Crippen molar-refractivity contribution in [1.29, 1.82) is 0 Å². The molecule has 5 heteroatoms. The van der Waals surface area contributed by atoms with Crippen LogP contribution in [0, 0.1) is 0 Å². The van der Waals surface area contributed by atoms with Crippen molar-refractivity contribution in [3.63, 3.8) is 0 Å². The Morgan fingerprint density at radius 2 is 1.92 bits per heavy atom. The van der Waals surface area contributed by atoms with Crippen LogP contribution in [0.1, 0.15) is 13.8 Å². The Morgan fingerprint density at radius 1 is 1.31 bits per heavy atom. The van der Waals surface area contributed by atoms with Gasteiger partial charge >= 0.3 is 11.9 Å². The molecule has 0 aliphatic carbocycles. The molecule has 0 bridgehead atoms. The van der Waals surface area contributed by atoms with E-state index in [0.29, 0.717) is 6.61 Å². The Bertz CT molecular complexity index is 219. The Labute approximate surface area is 75.9 Å². The van der Waals surface area contributed by atoms with Crippen LogP contribution >= 0.6 is 0 Å². The van der Waals surface area contributed by atoms with E-state index < -0.39 is 17.5 Å². The fraction of sp³-hybridized carbons (Fsp3) is 0.500. The van der Waals surface area contributed by atoms with Crippen molar-refractivity contribution in [3.8, 4) is 0 Å². The molecule has 0 aliphatic rings. The molecule has 0 atom stereocenters. The highest BCUT2D eigenvalue weighted by atomic mass is 16.5. The van der Waals surface area contributed by atoms with Gasteiger partial charge in [-0.25, -0.2) is 9.59 Å². The lowest BCUT2D eigenvalue weighted by Crippen LogP contribution is -2.15. The lowest BCUT2D eigenvalue weighted by atomic mass is 10.3. The molecule has 0 heterocycles. The lowest BCUT2D eigenvalue weighted by molar-refractivity contribution is -0.144. The molecule has 0 unspecified atom stereocenters. The van der Waals surface area contributed by atoms with Gasteiger partial charge in [0.2, 0.25) is 0 Å². The van der Waals surface area contributed by atoms with Gasteiger partial charge < -0.3 is 14.6 Å². The average molecular weight is 188 g/mol. The summed E-state index contributed by atoms with van der Waals surface area (Å²) in [6.45, 7) is 3.71. The molecule has 0 aromatic heterocycles. The van der Waals surface area contributed by atoms with Crippen LogP contribution in [-0.4, -0.2) is 30.3 Å². The Hall–Kier alpha value is -1.52. The second-order valence-corrected chi connectivity index (χ2v) is 2.01. The minimum absolute atomic E-state index is 0.135. The highest BCUT2D eigenvalue weighted by Gasteiger charge is 2.18. The molecule has 0 saturated carbocycles. The zero-order valence-electron chi connectivity index (χ0n) is 7.57. The number of ether oxygens (including phenoxy) is 2. The quantitative estimate of drug-likeness (QED) is 0.224. The first kappa shape index (κ1) is 11.5. The molecule has 0 radical (unpaired) electrons. The maximum atomic E-state index is 10.9. The van der Waals surface area contributed by atoms with Crippen molar-refractivity contribution in [1.82, 2.24) is 0 Å². The van der Waals surface area contributed by atoms with Crippen molar-refractivity contribution in [3.05, 3.63) is 11.8 Å². The number of hydrogen-bond donors (Lipinski definition) is 1. The highest BCUT2D eigenvalue weighted by Crippen LogP contribution is 1.99. The zero-order chi connectivity index (χ0) is 10.3. The fourth-order valence-electron chi connectivity index (χ4n) is 0.561. The molecule has 0 amide bonds. The largest absolute Gasteiger partial charge is 0.500 e. The van der Waals surface area contributed by atoms with E-state index in [4.69, 9.17) is 5.11 Å². The first-order valence-electron chi connectivity index (χ1n) is 3.85. The van der Waals surface area contributed by atoms with Crippen LogP contribution in [0.2, 0.25) is 0 Å². The molecule has 0 aliphatic heterocycles. The minimum atomic E-state index is -1.35. The van der Waals surface area contributed by atoms with E-state index in [-0.39, 0.29) is 6.61 Å². The van der Waals surface area contributed by atoms with Crippen molar-refractivity contribution in [2.45, 2.75) is 13.8 Å². The summed E-state index contributed by atoms with van der Waals surface area (Å²) in [4.78, 5) is 21.4. The van der Waals surface area contributed by atoms with Crippen LogP contribution in [0.25, 0.3) is 0 Å². The number of esters is 1. The molecule has 5 nitrogen and oxygen atoms in total. The second kappa shape index (κ2) is 6.05. The van der Waals surface area contributed by atoms with E-state index >= 15 is 0 Å². The van der Waals surface area contributed by atoms with Gasteiger partial charge in [0.25, 0.3) is 0 Å². The smallest absolute Gasteiger partial charge is 0.348 e. The molecule has 0 rings (SSSR count). The van der Waals surface area contributed by atoms with Crippen LogP contribution in [-0.2, 0) is 19.1 Å². The third-order valence-electron chi connectivity index (χ3n) is 1.09. The third-order valence-corrected chi connectivity index (χ3v) is 1.09. The summed E-state index contributed by atoms with van der Waals surface area (Å²) >= 11 is 0. The third kappa shape index (κ3) is 4.15. The molecule has 0 aromatic rings. The SMILES string of the molecule is CCO/C=C(/C(=O)O)C(=O)OCC. The predicted molar refractivity (Wildman–Crippen MR) is 44.0 cm³/mol. The fourth-order valence-corrected chi connectivity index (χ4v) is 0.561. The number of aliphatic carboxylic acids is 1. The van der Waals surface area contributed by atoms with Crippen LogP contribution in [0.4, 0.5) is 0 Å². The van der Waals surface area contributed by atoms with Crippen LogP contribution in [0.15, 0.2) is 11.8 Å². The van der Waals surface area contributed by atoms with Gasteiger partial charge in [0, 0.05) is 0 Å². The van der Waals surface area contributed by atoms with Gasteiger partial charge in [0.1, 0.15) is 6.26 Å². The molecule has 0 saturated heterocycles. The van der Waals surface area contributed by atoms with Gasteiger partial charge in [0.15, 0.2) is 5.57 Å². The number of carboxylic acids is 1. The summed E-state index contributed by atoms with van der Waals surface area (Å²) in [6, 6.07) is 0. The van der Waals surface area contributed by atoms with E-state index in [1.54, 1.807) is 13.8 Å². The van der Waals surface area contributed by atoms with Gasteiger partial charge in [-0.05, 0) is 13.8 Å². The number of rotatable bonds is 5. The summed E-state index contributed by atoms with van der Waals surface area (Å²) in [5.74, 6) is -2.24. The first-order chi connectivity index (χ1) is 6.13. The first-order valence-corrected chi connectivity index (χ1v) is 3.85. The maximum Gasteiger partial charge on any atom is 0.348 e. The van der Waals surface area contributed by atoms with Gasteiger partial charge in [-0.2, -0.15) is 0 Å². The molecule has 74 valence electrons. The van der Waals surface area contributed by atoms with E-state index in [1.807, 2.05) is 0 Å². The molecule has 0 fully saturated rings. The lowest BCUT2D eigenvalue weighted by Gasteiger charge is -2.01. The average Bonchev–Trinajstić information content (AvgIpc) is 2.05. The van der Waals surface area contributed by atoms with Crippen molar-refractivity contribution in [2.75, 3.05) is 13.2 Å². The van der Waals surface area contributed by atoms with E-state index in [0.717, 1.165) is 6.26 Å². The summed E-state index contributed by atoms with van der Waals surface area (Å²) in [5, 5.41) is 8.55. The summed E-state index contributed by atoms with van der Waals surface area (Å²) in [7, 11) is 0. The van der Waals surface area contributed by atoms with E-state index in [1.165, 1.54) is 0 Å². The summed E-state index contributed by atoms with van der Waals surface area (Å²) < 4.78 is 9.18. The molecule has 0 spiro atoms. The topological polar surface area (TPSA) is 72.8 Å². The molecular weight excluding hydrogens is 176 g/mol. The number of hydrogen-bond acceptors (Lipinski definition) is 4. The monoisotopic (exact) mass is 188 g/mol. The normalized spacial score (nSPS) is 10.8. The van der Waals surface area contributed by atoms with Crippen LogP contribution < -0.4 is 0 Å². The van der Waals surface area contributed by atoms with Crippen LogP contribution in [0.5, 0.6) is 0 Å². The summed E-state index contributed by atoms with van der Waals surface area (Å²) in [6.07, 6.45) is 0.889. The predicted octanol–water partition coefficient (Wildman–Crippen LogP) is 0.554. The van der Waals surface area contributed by atoms with Crippen molar-refractivity contribution >= 4 is 11.9 Å².